The first-order chi connectivity index (χ1) is 15.6. The molecule has 1 spiro atoms. The molecule has 1 aliphatic heterocycles. The lowest BCUT2D eigenvalue weighted by atomic mass is 9.79. The molecule has 0 bridgehead atoms. The van der Waals surface area contributed by atoms with Crippen LogP contribution < -0.4 is 4.74 Å². The number of nitrogens with zero attached hydrogens (tertiary/aromatic N) is 2. The average Bonchev–Trinajstić information content (AvgIpc) is 3.57. The topological polar surface area (TPSA) is 70.1 Å². The van der Waals surface area contributed by atoms with E-state index in [0.717, 1.165) is 35.8 Å². The van der Waals surface area contributed by atoms with Crippen LogP contribution in [-0.4, -0.2) is 72.8 Å². The molecule has 2 aliphatic carbocycles. The smallest absolute Gasteiger partial charge is 0.259 e. The highest BCUT2D eigenvalue weighted by Crippen LogP contribution is 2.56. The standard InChI is InChI=1S/C24H36N2O5S/c1-4-32-15-21-24(30-17-29-3,22(27)26(21)16-28-2)14-18-13-20(7-12-25-18)31-19-5-8-23(9-6-19)10-11-23/h7,12-13,19,21H,4-6,8-11,14-17H2,1-3H3/t21-,24+/m0/s1. The van der Waals surface area contributed by atoms with E-state index in [-0.39, 0.29) is 31.6 Å². The number of pyridine rings is 1. The first kappa shape index (κ1) is 23.8. The summed E-state index contributed by atoms with van der Waals surface area (Å²) in [4.78, 5) is 19.5. The quantitative estimate of drug-likeness (QED) is 0.345. The number of methoxy groups -OCH3 is 2. The van der Waals surface area contributed by atoms with E-state index >= 15 is 0 Å². The molecule has 7 nitrogen and oxygen atoms in total. The Hall–Kier alpha value is -1.35. The van der Waals surface area contributed by atoms with E-state index < -0.39 is 5.60 Å². The molecule has 0 radical (unpaired) electrons. The van der Waals surface area contributed by atoms with E-state index in [1.807, 2.05) is 12.1 Å². The van der Waals surface area contributed by atoms with Gasteiger partial charge in [-0.05, 0) is 55.8 Å². The summed E-state index contributed by atoms with van der Waals surface area (Å²) in [7, 11) is 3.17. The van der Waals surface area contributed by atoms with E-state index in [9.17, 15) is 4.79 Å². The van der Waals surface area contributed by atoms with Gasteiger partial charge in [0.25, 0.3) is 5.91 Å². The highest BCUT2D eigenvalue weighted by atomic mass is 32.2. The zero-order valence-electron chi connectivity index (χ0n) is 19.5. The Bertz CT molecular complexity index is 779. The number of carbonyl (C=O) groups is 1. The number of rotatable bonds is 12. The van der Waals surface area contributed by atoms with Gasteiger partial charge in [0.15, 0.2) is 5.60 Å². The van der Waals surface area contributed by atoms with Gasteiger partial charge >= 0.3 is 0 Å². The molecule has 0 aromatic carbocycles. The number of β-lactam (4-membered cyclic amide) rings is 1. The Morgan fingerprint density at radius 3 is 2.62 bits per heavy atom. The molecule has 1 saturated heterocycles. The largest absolute Gasteiger partial charge is 0.490 e. The van der Waals surface area contributed by atoms with E-state index in [2.05, 4.69) is 11.9 Å². The Morgan fingerprint density at radius 1 is 1.19 bits per heavy atom. The van der Waals surface area contributed by atoms with Gasteiger partial charge in [-0.15, -0.1) is 0 Å². The number of aromatic nitrogens is 1. The predicted octanol–water partition coefficient (Wildman–Crippen LogP) is 3.65. The number of likely N-dealkylation sites (tertiary alicyclic amines) is 1. The molecule has 2 saturated carbocycles. The van der Waals surface area contributed by atoms with Crippen molar-refractivity contribution in [1.29, 1.82) is 0 Å². The summed E-state index contributed by atoms with van der Waals surface area (Å²) < 4.78 is 22.8. The van der Waals surface area contributed by atoms with E-state index in [1.54, 1.807) is 37.1 Å². The van der Waals surface area contributed by atoms with Crippen LogP contribution in [0.1, 0.15) is 51.1 Å². The summed E-state index contributed by atoms with van der Waals surface area (Å²) in [5.74, 6) is 2.49. The van der Waals surface area contributed by atoms with Gasteiger partial charge < -0.3 is 23.8 Å². The Kier molecular flexibility index (Phi) is 7.65. The van der Waals surface area contributed by atoms with Crippen molar-refractivity contribution in [3.8, 4) is 5.75 Å². The minimum absolute atomic E-state index is 0.0554. The van der Waals surface area contributed by atoms with Crippen molar-refractivity contribution in [2.24, 2.45) is 5.41 Å². The van der Waals surface area contributed by atoms with Gasteiger partial charge in [0, 0.05) is 44.4 Å². The normalized spacial score (nSPS) is 26.9. The summed E-state index contributed by atoms with van der Waals surface area (Å²) in [5.41, 5.74) is 0.453. The molecule has 4 rings (SSSR count). The number of thioether (sulfide) groups is 1. The minimum atomic E-state index is -0.995. The fourth-order valence-corrected chi connectivity index (χ4v) is 6.01. The van der Waals surface area contributed by atoms with Crippen LogP contribution >= 0.6 is 11.8 Å². The maximum Gasteiger partial charge on any atom is 0.259 e. The number of ether oxygens (including phenoxy) is 4. The minimum Gasteiger partial charge on any atom is -0.490 e. The highest BCUT2D eigenvalue weighted by molar-refractivity contribution is 7.99. The van der Waals surface area contributed by atoms with Crippen LogP contribution in [0.3, 0.4) is 0 Å². The molecule has 2 heterocycles. The second-order valence-electron chi connectivity index (χ2n) is 9.29. The van der Waals surface area contributed by atoms with E-state index in [0.29, 0.717) is 11.8 Å². The van der Waals surface area contributed by atoms with Gasteiger partial charge in [-0.1, -0.05) is 6.92 Å². The summed E-state index contributed by atoms with van der Waals surface area (Å²) in [6.45, 7) is 2.42. The predicted molar refractivity (Wildman–Crippen MR) is 124 cm³/mol. The van der Waals surface area contributed by atoms with Gasteiger partial charge in [-0.2, -0.15) is 11.8 Å². The highest BCUT2D eigenvalue weighted by Gasteiger charge is 2.62. The van der Waals surface area contributed by atoms with Gasteiger partial charge in [0.1, 0.15) is 19.3 Å². The van der Waals surface area contributed by atoms with Crippen LogP contribution in [0.25, 0.3) is 0 Å². The molecule has 1 aromatic heterocycles. The number of carbonyl (C=O) groups excluding carboxylic acids is 1. The van der Waals surface area contributed by atoms with Crippen molar-refractivity contribution in [1.82, 2.24) is 9.88 Å². The Morgan fingerprint density at radius 2 is 1.97 bits per heavy atom. The molecule has 0 N–H and O–H groups in total. The van der Waals surface area contributed by atoms with Crippen molar-refractivity contribution in [2.75, 3.05) is 39.2 Å². The van der Waals surface area contributed by atoms with Crippen molar-refractivity contribution in [3.63, 3.8) is 0 Å². The second kappa shape index (κ2) is 10.3. The SMILES string of the molecule is CCSC[C@@H]1N(COC)C(=O)[C@]1(Cc1cc(OC2CCC3(CC2)CC3)ccn1)OCOC. The molecule has 3 aliphatic rings. The molecular formula is C24H36N2O5S. The Labute approximate surface area is 195 Å². The average molecular weight is 465 g/mol. The van der Waals surface area contributed by atoms with Gasteiger partial charge in [0.2, 0.25) is 0 Å². The molecule has 1 aromatic rings. The van der Waals surface area contributed by atoms with Crippen LogP contribution in [0.2, 0.25) is 0 Å². The first-order valence-electron chi connectivity index (χ1n) is 11.7. The van der Waals surface area contributed by atoms with Crippen molar-refractivity contribution in [3.05, 3.63) is 24.0 Å². The maximum atomic E-state index is 13.2. The molecule has 8 heteroatoms. The van der Waals surface area contributed by atoms with Crippen LogP contribution in [0, 0.1) is 5.41 Å². The van der Waals surface area contributed by atoms with Crippen LogP contribution in [0.4, 0.5) is 0 Å². The summed E-state index contributed by atoms with van der Waals surface area (Å²) >= 11 is 1.79. The molecule has 2 atom stereocenters. The third kappa shape index (κ3) is 4.93. The summed E-state index contributed by atoms with van der Waals surface area (Å²) in [5, 5.41) is 0. The fourth-order valence-electron chi connectivity index (χ4n) is 5.11. The molecule has 32 heavy (non-hydrogen) atoms. The molecular weight excluding hydrogens is 428 g/mol. The summed E-state index contributed by atoms with van der Waals surface area (Å²) in [6, 6.07) is 3.78. The third-order valence-corrected chi connectivity index (χ3v) is 8.16. The van der Waals surface area contributed by atoms with Crippen LogP contribution in [0.15, 0.2) is 18.3 Å². The lowest BCUT2D eigenvalue weighted by molar-refractivity contribution is -0.229. The van der Waals surface area contributed by atoms with E-state index in [1.165, 1.54) is 25.7 Å². The zero-order valence-corrected chi connectivity index (χ0v) is 20.3. The van der Waals surface area contributed by atoms with Crippen LogP contribution in [-0.2, 0) is 25.4 Å². The van der Waals surface area contributed by atoms with Crippen molar-refractivity contribution >= 4 is 17.7 Å². The lowest BCUT2D eigenvalue weighted by Crippen LogP contribution is -2.77. The zero-order chi connectivity index (χ0) is 22.6. The number of hydrogen-bond donors (Lipinski definition) is 0. The Balaban J connectivity index is 1.47. The number of hydrogen-bond acceptors (Lipinski definition) is 7. The molecule has 3 fully saturated rings. The third-order valence-electron chi connectivity index (χ3n) is 7.20. The van der Waals surface area contributed by atoms with E-state index in [4.69, 9.17) is 18.9 Å². The molecule has 0 unspecified atom stereocenters. The molecule has 1 amide bonds. The second-order valence-corrected chi connectivity index (χ2v) is 10.6. The monoisotopic (exact) mass is 464 g/mol. The van der Waals surface area contributed by atoms with Crippen molar-refractivity contribution < 1.29 is 23.7 Å². The maximum absolute atomic E-state index is 13.2. The van der Waals surface area contributed by atoms with Gasteiger partial charge in [-0.3, -0.25) is 9.78 Å². The number of amides is 1. The summed E-state index contributed by atoms with van der Waals surface area (Å²) in [6.07, 6.45) is 10.0. The lowest BCUT2D eigenvalue weighted by Gasteiger charge is -2.54. The molecule has 178 valence electrons. The van der Waals surface area contributed by atoms with Crippen molar-refractivity contribution in [2.45, 2.75) is 69.6 Å². The van der Waals surface area contributed by atoms with Gasteiger partial charge in [-0.25, -0.2) is 0 Å². The first-order valence-corrected chi connectivity index (χ1v) is 12.8. The fraction of sp³-hybridized carbons (Fsp3) is 0.750. The van der Waals surface area contributed by atoms with Gasteiger partial charge in [0.05, 0.1) is 12.1 Å². The van der Waals surface area contributed by atoms with Crippen LogP contribution in [0.5, 0.6) is 5.75 Å².